The number of halogens is 1. The van der Waals surface area contributed by atoms with Gasteiger partial charge in [0.25, 0.3) is 0 Å². The molecule has 0 amide bonds. The summed E-state index contributed by atoms with van der Waals surface area (Å²) in [6.45, 7) is 5.22. The Morgan fingerprint density at radius 3 is 2.62 bits per heavy atom. The van der Waals surface area contributed by atoms with E-state index < -0.39 is 0 Å². The summed E-state index contributed by atoms with van der Waals surface area (Å²) in [4.78, 5) is 4.19. The van der Waals surface area contributed by atoms with Crippen LogP contribution in [-0.4, -0.2) is 16.6 Å². The number of pyridine rings is 1. The summed E-state index contributed by atoms with van der Waals surface area (Å²) < 4.78 is 0. The number of aromatic nitrogens is 1. The lowest BCUT2D eigenvalue weighted by atomic mass is 10.0. The minimum atomic E-state index is -0.0282. The average molecular weight is 243 g/mol. The summed E-state index contributed by atoms with van der Waals surface area (Å²) in [5, 5.41) is 12.7. The third-order valence-corrected chi connectivity index (χ3v) is 3.08. The molecule has 0 radical (unpaired) electrons. The van der Waals surface area contributed by atoms with Gasteiger partial charge < -0.3 is 10.4 Å². The van der Waals surface area contributed by atoms with Gasteiger partial charge in [-0.05, 0) is 17.5 Å². The smallest absolute Gasteiger partial charge is 0.144 e. The molecule has 0 bridgehead atoms. The Kier molecular flexibility index (Phi) is 5.56. The fourth-order valence-corrected chi connectivity index (χ4v) is 1.77. The molecule has 16 heavy (non-hydrogen) atoms. The van der Waals surface area contributed by atoms with Crippen molar-refractivity contribution in [3.05, 3.63) is 22.8 Å². The standard InChI is InChI=1S/C12H19ClN2O/c1-3-9(4-2)6-14-12-11(13)5-10(8-16)7-15-12/h5,7,9,16H,3-4,6,8H2,1-2H3,(H,14,15). The van der Waals surface area contributed by atoms with E-state index in [0.717, 1.165) is 24.9 Å². The first kappa shape index (κ1) is 13.3. The van der Waals surface area contributed by atoms with Gasteiger partial charge in [-0.2, -0.15) is 0 Å². The SMILES string of the molecule is CCC(CC)CNc1ncc(CO)cc1Cl. The lowest BCUT2D eigenvalue weighted by Gasteiger charge is -2.14. The van der Waals surface area contributed by atoms with E-state index in [-0.39, 0.29) is 6.61 Å². The quantitative estimate of drug-likeness (QED) is 0.806. The Hall–Kier alpha value is -0.800. The van der Waals surface area contributed by atoms with Gasteiger partial charge in [0.15, 0.2) is 0 Å². The third kappa shape index (κ3) is 3.65. The van der Waals surface area contributed by atoms with E-state index in [0.29, 0.717) is 16.8 Å². The van der Waals surface area contributed by atoms with E-state index in [9.17, 15) is 0 Å². The van der Waals surface area contributed by atoms with Gasteiger partial charge >= 0.3 is 0 Å². The van der Waals surface area contributed by atoms with Crippen LogP contribution in [0.3, 0.4) is 0 Å². The second-order valence-electron chi connectivity index (χ2n) is 3.90. The van der Waals surface area contributed by atoms with Gasteiger partial charge in [0.05, 0.1) is 11.6 Å². The van der Waals surface area contributed by atoms with Gasteiger partial charge in [-0.1, -0.05) is 38.3 Å². The largest absolute Gasteiger partial charge is 0.392 e. The Balaban J connectivity index is 2.60. The van der Waals surface area contributed by atoms with Gasteiger partial charge in [0.2, 0.25) is 0 Å². The van der Waals surface area contributed by atoms with Crippen molar-refractivity contribution in [3.8, 4) is 0 Å². The molecule has 4 heteroatoms. The monoisotopic (exact) mass is 242 g/mol. The Morgan fingerprint density at radius 2 is 2.12 bits per heavy atom. The van der Waals surface area contributed by atoms with Crippen LogP contribution in [0.2, 0.25) is 5.02 Å². The van der Waals surface area contributed by atoms with Crippen LogP contribution in [0, 0.1) is 5.92 Å². The topological polar surface area (TPSA) is 45.2 Å². The van der Waals surface area contributed by atoms with Crippen molar-refractivity contribution >= 4 is 17.4 Å². The third-order valence-electron chi connectivity index (χ3n) is 2.79. The second-order valence-corrected chi connectivity index (χ2v) is 4.30. The summed E-state index contributed by atoms with van der Waals surface area (Å²) in [6, 6.07) is 1.74. The molecule has 90 valence electrons. The first-order valence-electron chi connectivity index (χ1n) is 5.70. The minimum absolute atomic E-state index is 0.0282. The summed E-state index contributed by atoms with van der Waals surface area (Å²) >= 11 is 6.04. The van der Waals surface area contributed by atoms with Crippen molar-refractivity contribution in [1.29, 1.82) is 0 Å². The number of aliphatic hydroxyl groups is 1. The van der Waals surface area contributed by atoms with E-state index in [4.69, 9.17) is 16.7 Å². The molecular formula is C12H19ClN2O. The van der Waals surface area contributed by atoms with Crippen LogP contribution >= 0.6 is 11.6 Å². The molecule has 1 aromatic rings. The molecule has 0 fully saturated rings. The lowest BCUT2D eigenvalue weighted by molar-refractivity contribution is 0.281. The van der Waals surface area contributed by atoms with Crippen LogP contribution in [0.4, 0.5) is 5.82 Å². The maximum atomic E-state index is 8.93. The molecule has 0 unspecified atom stereocenters. The minimum Gasteiger partial charge on any atom is -0.392 e. The molecule has 0 aliphatic heterocycles. The Labute approximate surface area is 102 Å². The second kappa shape index (κ2) is 6.71. The number of anilines is 1. The number of aliphatic hydroxyl groups excluding tert-OH is 1. The molecule has 0 saturated heterocycles. The molecular weight excluding hydrogens is 224 g/mol. The summed E-state index contributed by atoms with van der Waals surface area (Å²) in [5.41, 5.74) is 0.734. The number of nitrogens with one attached hydrogen (secondary N) is 1. The van der Waals surface area contributed by atoms with Crippen molar-refractivity contribution in [1.82, 2.24) is 4.98 Å². The Bertz CT molecular complexity index is 327. The van der Waals surface area contributed by atoms with Crippen molar-refractivity contribution in [3.63, 3.8) is 0 Å². The van der Waals surface area contributed by atoms with Gasteiger partial charge in [-0.25, -0.2) is 4.98 Å². The molecule has 0 spiro atoms. The van der Waals surface area contributed by atoms with E-state index in [1.165, 1.54) is 0 Å². The normalized spacial score (nSPS) is 10.8. The van der Waals surface area contributed by atoms with Gasteiger partial charge in [0, 0.05) is 12.7 Å². The molecule has 2 N–H and O–H groups in total. The first-order valence-corrected chi connectivity index (χ1v) is 6.08. The van der Waals surface area contributed by atoms with E-state index >= 15 is 0 Å². The highest BCUT2D eigenvalue weighted by molar-refractivity contribution is 6.32. The first-order chi connectivity index (χ1) is 7.71. The molecule has 0 aliphatic carbocycles. The number of rotatable bonds is 6. The van der Waals surface area contributed by atoms with Gasteiger partial charge in [-0.15, -0.1) is 0 Å². The van der Waals surface area contributed by atoms with Crippen molar-refractivity contribution < 1.29 is 5.11 Å². The Morgan fingerprint density at radius 1 is 1.44 bits per heavy atom. The molecule has 0 aliphatic rings. The molecule has 0 aromatic carbocycles. The highest BCUT2D eigenvalue weighted by atomic mass is 35.5. The lowest BCUT2D eigenvalue weighted by Crippen LogP contribution is -2.13. The predicted octanol–water partition coefficient (Wildman–Crippen LogP) is 3.08. The van der Waals surface area contributed by atoms with E-state index in [1.54, 1.807) is 12.3 Å². The van der Waals surface area contributed by atoms with Crippen molar-refractivity contribution in [2.24, 2.45) is 5.92 Å². The maximum absolute atomic E-state index is 8.93. The summed E-state index contributed by atoms with van der Waals surface area (Å²) in [6.07, 6.45) is 3.94. The van der Waals surface area contributed by atoms with Crippen molar-refractivity contribution in [2.45, 2.75) is 33.3 Å². The molecule has 1 heterocycles. The van der Waals surface area contributed by atoms with E-state index in [2.05, 4.69) is 24.1 Å². The van der Waals surface area contributed by atoms with Crippen LogP contribution in [0.5, 0.6) is 0 Å². The summed E-state index contributed by atoms with van der Waals surface area (Å²) in [7, 11) is 0. The molecule has 1 rings (SSSR count). The predicted molar refractivity (Wildman–Crippen MR) is 67.7 cm³/mol. The zero-order valence-corrected chi connectivity index (χ0v) is 10.6. The zero-order chi connectivity index (χ0) is 12.0. The van der Waals surface area contributed by atoms with Crippen LogP contribution in [-0.2, 0) is 6.61 Å². The highest BCUT2D eigenvalue weighted by Gasteiger charge is 2.06. The number of hydrogen-bond donors (Lipinski definition) is 2. The number of nitrogens with zero attached hydrogens (tertiary/aromatic N) is 1. The molecule has 1 aromatic heterocycles. The maximum Gasteiger partial charge on any atom is 0.144 e. The van der Waals surface area contributed by atoms with Gasteiger partial charge in [0.1, 0.15) is 5.82 Å². The van der Waals surface area contributed by atoms with Crippen LogP contribution in [0.25, 0.3) is 0 Å². The number of hydrogen-bond acceptors (Lipinski definition) is 3. The fourth-order valence-electron chi connectivity index (χ4n) is 1.51. The van der Waals surface area contributed by atoms with Crippen LogP contribution in [0.1, 0.15) is 32.3 Å². The molecule has 0 atom stereocenters. The van der Waals surface area contributed by atoms with Gasteiger partial charge in [-0.3, -0.25) is 0 Å². The summed E-state index contributed by atoms with van der Waals surface area (Å²) in [5.74, 6) is 1.35. The highest BCUT2D eigenvalue weighted by Crippen LogP contribution is 2.21. The fraction of sp³-hybridized carbons (Fsp3) is 0.583. The average Bonchev–Trinajstić information content (AvgIpc) is 2.32. The van der Waals surface area contributed by atoms with Crippen LogP contribution < -0.4 is 5.32 Å². The zero-order valence-electron chi connectivity index (χ0n) is 9.83. The molecule has 3 nitrogen and oxygen atoms in total. The van der Waals surface area contributed by atoms with E-state index in [1.807, 2.05) is 0 Å². The molecule has 0 saturated carbocycles. The van der Waals surface area contributed by atoms with Crippen LogP contribution in [0.15, 0.2) is 12.3 Å². The van der Waals surface area contributed by atoms with Crippen molar-refractivity contribution in [2.75, 3.05) is 11.9 Å².